The Bertz CT molecular complexity index is 998. The van der Waals surface area contributed by atoms with E-state index in [1.165, 1.54) is 12.7 Å². The lowest BCUT2D eigenvalue weighted by atomic mass is 10.1. The normalized spacial score (nSPS) is 22.9. The third-order valence-electron chi connectivity index (χ3n) is 4.16. The molecule has 16 nitrogen and oxygen atoms in total. The molecular formula is C14H24N8O8S2. The Balaban J connectivity index is 0.000000654. The number of carbonyl (C=O) groups excluding carboxylic acids is 1. The van der Waals surface area contributed by atoms with Crippen molar-refractivity contribution in [3.05, 3.63) is 12.7 Å². The summed E-state index contributed by atoms with van der Waals surface area (Å²) >= 11 is 1.55. The number of aromatic nitrogens is 4. The zero-order chi connectivity index (χ0) is 23.9. The number of hydrazine groups is 1. The van der Waals surface area contributed by atoms with E-state index in [4.69, 9.17) is 33.8 Å². The SMILES string of the molecule is NNC(=O)NCCCSC[C@H]1O[C@@H](n2cnc3c(N)ncnc32)C(O)C1O.O=S(=O)(O)O. The molecule has 18 heteroatoms. The number of aliphatic hydroxyl groups excluding tert-OH is 2. The Morgan fingerprint density at radius 1 is 1.25 bits per heavy atom. The first-order valence-electron chi connectivity index (χ1n) is 8.99. The number of imidazole rings is 1. The van der Waals surface area contributed by atoms with Gasteiger partial charge < -0.3 is 26.0 Å². The summed E-state index contributed by atoms with van der Waals surface area (Å²) in [6, 6.07) is -0.433. The number of rotatable bonds is 7. The summed E-state index contributed by atoms with van der Waals surface area (Å²) in [5.41, 5.74) is 8.59. The molecule has 2 aromatic heterocycles. The molecule has 1 fully saturated rings. The molecule has 0 bridgehead atoms. The van der Waals surface area contributed by atoms with Crippen LogP contribution in [0.15, 0.2) is 12.7 Å². The van der Waals surface area contributed by atoms with Crippen molar-refractivity contribution in [1.82, 2.24) is 30.3 Å². The molecule has 32 heavy (non-hydrogen) atoms. The number of hydrogen-bond acceptors (Lipinski definition) is 12. The molecule has 0 radical (unpaired) electrons. The van der Waals surface area contributed by atoms with E-state index in [0.717, 1.165) is 12.2 Å². The highest BCUT2D eigenvalue weighted by Crippen LogP contribution is 2.33. The van der Waals surface area contributed by atoms with Crippen molar-refractivity contribution >= 4 is 45.2 Å². The quantitative estimate of drug-likeness (QED) is 0.0657. The lowest BCUT2D eigenvalue weighted by Crippen LogP contribution is -2.40. The molecule has 1 aliphatic rings. The predicted molar refractivity (Wildman–Crippen MR) is 113 cm³/mol. The Kier molecular flexibility index (Phi) is 9.33. The third kappa shape index (κ3) is 7.38. The van der Waals surface area contributed by atoms with E-state index in [1.54, 1.807) is 16.3 Å². The smallest absolute Gasteiger partial charge is 0.387 e. The lowest BCUT2D eigenvalue weighted by Gasteiger charge is -2.16. The number of nitrogens with zero attached hydrogens (tertiary/aromatic N) is 4. The molecule has 0 spiro atoms. The number of anilines is 1. The Morgan fingerprint density at radius 2 is 1.94 bits per heavy atom. The molecule has 1 aliphatic heterocycles. The summed E-state index contributed by atoms with van der Waals surface area (Å²) in [5.74, 6) is 6.43. The van der Waals surface area contributed by atoms with Gasteiger partial charge in [-0.25, -0.2) is 25.6 Å². The van der Waals surface area contributed by atoms with Crippen molar-refractivity contribution in [3.63, 3.8) is 0 Å². The van der Waals surface area contributed by atoms with Crippen LogP contribution in [-0.2, 0) is 15.1 Å². The molecule has 1 saturated heterocycles. The van der Waals surface area contributed by atoms with Gasteiger partial charge in [0.2, 0.25) is 0 Å². The highest BCUT2D eigenvalue weighted by atomic mass is 32.3. The minimum atomic E-state index is -4.67. The van der Waals surface area contributed by atoms with E-state index in [1.807, 2.05) is 5.43 Å². The van der Waals surface area contributed by atoms with Gasteiger partial charge >= 0.3 is 16.4 Å². The number of carbonyl (C=O) groups is 1. The van der Waals surface area contributed by atoms with Crippen LogP contribution in [0, 0.1) is 0 Å². The molecular weight excluding hydrogens is 472 g/mol. The molecule has 10 N–H and O–H groups in total. The van der Waals surface area contributed by atoms with Crippen molar-refractivity contribution < 1.29 is 37.3 Å². The molecule has 4 atom stereocenters. The molecule has 2 aromatic rings. The number of urea groups is 1. The average Bonchev–Trinajstić information content (AvgIpc) is 3.26. The minimum Gasteiger partial charge on any atom is -0.387 e. The van der Waals surface area contributed by atoms with E-state index in [-0.39, 0.29) is 5.82 Å². The number of ether oxygens (including phenoxy) is 1. The highest BCUT2D eigenvalue weighted by Gasteiger charge is 2.44. The van der Waals surface area contributed by atoms with Crippen LogP contribution in [-0.4, -0.2) is 89.6 Å². The zero-order valence-electron chi connectivity index (χ0n) is 16.5. The number of nitrogen functional groups attached to an aromatic ring is 1. The summed E-state index contributed by atoms with van der Waals surface area (Å²) in [6.45, 7) is 0.484. The van der Waals surface area contributed by atoms with Crippen molar-refractivity contribution in [1.29, 1.82) is 0 Å². The second kappa shape index (κ2) is 11.5. The maximum absolute atomic E-state index is 10.9. The molecule has 2 amide bonds. The molecule has 2 unspecified atom stereocenters. The molecule has 0 aromatic carbocycles. The van der Waals surface area contributed by atoms with Crippen molar-refractivity contribution in [2.75, 3.05) is 23.8 Å². The molecule has 3 heterocycles. The summed E-state index contributed by atoms with van der Waals surface area (Å²) in [6.07, 6.45) is -0.0408. The topological polar surface area (TPSA) is 261 Å². The maximum atomic E-state index is 10.9. The van der Waals surface area contributed by atoms with Crippen molar-refractivity contribution in [3.8, 4) is 0 Å². The van der Waals surface area contributed by atoms with Crippen LogP contribution < -0.4 is 22.3 Å². The van der Waals surface area contributed by atoms with E-state index in [2.05, 4.69) is 20.3 Å². The van der Waals surface area contributed by atoms with Gasteiger partial charge in [-0.1, -0.05) is 0 Å². The number of amides is 2. The van der Waals surface area contributed by atoms with Crippen LogP contribution in [0.25, 0.3) is 11.2 Å². The van der Waals surface area contributed by atoms with Gasteiger partial charge in [0, 0.05) is 12.3 Å². The number of fused-ring (bicyclic) bond motifs is 1. The Morgan fingerprint density at radius 3 is 2.59 bits per heavy atom. The third-order valence-corrected chi connectivity index (χ3v) is 5.30. The standard InChI is InChI=1S/C14H22N8O4S.H2O4S/c15-11-8-12(19-5-18-11)22(6-20-8)13-10(24)9(23)7(26-13)4-27-3-1-2-17-14(25)21-16;1-5(2,3)4/h5-7,9-10,13,23-24H,1-4,16H2,(H2,15,18,19)(H2,17,21,25);(H2,1,2,3,4)/t7-,9?,10?,13-;/m1./s1. The fraction of sp³-hybridized carbons (Fsp3) is 0.571. The first kappa shape index (κ1) is 25.9. The van der Waals surface area contributed by atoms with Gasteiger partial charge in [-0.2, -0.15) is 20.2 Å². The summed E-state index contributed by atoms with van der Waals surface area (Å²) < 4.78 is 39.0. The minimum absolute atomic E-state index is 0.232. The van der Waals surface area contributed by atoms with E-state index >= 15 is 0 Å². The summed E-state index contributed by atoms with van der Waals surface area (Å²) in [7, 11) is -4.67. The molecule has 0 aliphatic carbocycles. The monoisotopic (exact) mass is 496 g/mol. The van der Waals surface area contributed by atoms with Crippen LogP contribution in [0.3, 0.4) is 0 Å². The van der Waals surface area contributed by atoms with Crippen molar-refractivity contribution in [2.45, 2.75) is 31.0 Å². The van der Waals surface area contributed by atoms with Crippen LogP contribution >= 0.6 is 11.8 Å². The van der Waals surface area contributed by atoms with Gasteiger partial charge in [0.1, 0.15) is 24.1 Å². The van der Waals surface area contributed by atoms with Crippen LogP contribution in [0.5, 0.6) is 0 Å². The number of thioether (sulfide) groups is 1. The Hall–Kier alpha value is -2.32. The number of hydrogen-bond donors (Lipinski definition) is 8. The summed E-state index contributed by atoms with van der Waals surface area (Å²) in [4.78, 5) is 23.1. The number of nitrogens with one attached hydrogen (secondary N) is 2. The van der Waals surface area contributed by atoms with Gasteiger partial charge in [-0.3, -0.25) is 19.1 Å². The fourth-order valence-corrected chi connectivity index (χ4v) is 3.80. The largest absolute Gasteiger partial charge is 0.394 e. The van der Waals surface area contributed by atoms with E-state index < -0.39 is 41.0 Å². The maximum Gasteiger partial charge on any atom is 0.394 e. The lowest BCUT2D eigenvalue weighted by molar-refractivity contribution is -0.0289. The van der Waals surface area contributed by atoms with Gasteiger partial charge in [-0.05, 0) is 12.2 Å². The average molecular weight is 497 g/mol. The highest BCUT2D eigenvalue weighted by molar-refractivity contribution is 7.99. The molecule has 3 rings (SSSR count). The van der Waals surface area contributed by atoms with E-state index in [0.29, 0.717) is 23.5 Å². The van der Waals surface area contributed by atoms with Crippen LogP contribution in [0.4, 0.5) is 10.6 Å². The number of nitrogens with two attached hydrogens (primary N) is 2. The van der Waals surface area contributed by atoms with Gasteiger partial charge in [0.25, 0.3) is 0 Å². The van der Waals surface area contributed by atoms with Gasteiger partial charge in [0.15, 0.2) is 17.7 Å². The second-order valence-electron chi connectivity index (χ2n) is 6.41. The molecule has 0 saturated carbocycles. The van der Waals surface area contributed by atoms with Crippen molar-refractivity contribution in [2.24, 2.45) is 5.84 Å². The first-order chi connectivity index (χ1) is 15.0. The Labute approximate surface area is 186 Å². The molecule has 180 valence electrons. The van der Waals surface area contributed by atoms with Crippen LogP contribution in [0.1, 0.15) is 12.6 Å². The number of aliphatic hydroxyl groups is 2. The van der Waals surface area contributed by atoms with E-state index in [9.17, 15) is 15.0 Å². The van der Waals surface area contributed by atoms with Crippen LogP contribution in [0.2, 0.25) is 0 Å². The van der Waals surface area contributed by atoms with Gasteiger partial charge in [-0.15, -0.1) is 0 Å². The first-order valence-corrected chi connectivity index (χ1v) is 11.5. The second-order valence-corrected chi connectivity index (χ2v) is 8.45. The predicted octanol–water partition coefficient (Wildman–Crippen LogP) is -2.33. The zero-order valence-corrected chi connectivity index (χ0v) is 18.1. The fourth-order valence-electron chi connectivity index (χ4n) is 2.78. The summed E-state index contributed by atoms with van der Waals surface area (Å²) in [5, 5.41) is 23.3. The van der Waals surface area contributed by atoms with Gasteiger partial charge in [0.05, 0.1) is 12.4 Å².